The monoisotopic (exact) mass is 332 g/mol. The average molecular weight is 334 g/mol. The van der Waals surface area contributed by atoms with Crippen LogP contribution in [0, 0.1) is 0 Å². The zero-order valence-corrected chi connectivity index (χ0v) is 14.9. The van der Waals surface area contributed by atoms with E-state index in [1.807, 2.05) is 35.7 Å². The van der Waals surface area contributed by atoms with Crippen molar-refractivity contribution in [1.29, 1.82) is 0 Å². The number of halogens is 3. The zero-order chi connectivity index (χ0) is 11.8. The molecule has 0 aliphatic carbocycles. The summed E-state index contributed by atoms with van der Waals surface area (Å²) >= 11 is 23.4. The molecule has 6 heteroatoms. The molecule has 0 bridgehead atoms. The van der Waals surface area contributed by atoms with Gasteiger partial charge in [0.25, 0.3) is 0 Å². The van der Waals surface area contributed by atoms with Gasteiger partial charge in [-0.15, -0.1) is 24.0 Å². The normalized spacial score (nSPS) is 11.1. The first-order valence-electron chi connectivity index (χ1n) is 4.42. The molecule has 2 rings (SSSR count). The van der Waals surface area contributed by atoms with Gasteiger partial charge in [0, 0.05) is 20.9 Å². The molecule has 1 aromatic carbocycles. The summed E-state index contributed by atoms with van der Waals surface area (Å²) in [4.78, 5) is 1.96. The number of alkyl halides is 3. The fourth-order valence-electron chi connectivity index (χ4n) is 1.31. The standard InChI is InChI=1S/C11H7Cl3S2.Na.H/c12-11(13,14)7-5-10(16-6-7)8-3-1-2-4-9(8)15;;/h1-6,15H;;/q;+1;-1. The number of thiophene rings is 1. The minimum atomic E-state index is -1.36. The Balaban J connectivity index is 0.00000144. The summed E-state index contributed by atoms with van der Waals surface area (Å²) in [6.07, 6.45) is 0. The SMILES string of the molecule is Sc1ccccc1-c1cc(C(Cl)(Cl)Cl)cs1.[H-].[Na+]. The van der Waals surface area contributed by atoms with Crippen molar-refractivity contribution in [2.24, 2.45) is 0 Å². The van der Waals surface area contributed by atoms with Crippen molar-refractivity contribution in [1.82, 2.24) is 0 Å². The van der Waals surface area contributed by atoms with Crippen LogP contribution in [-0.2, 0) is 3.79 Å². The summed E-state index contributed by atoms with van der Waals surface area (Å²) in [5.74, 6) is 0. The van der Waals surface area contributed by atoms with Gasteiger partial charge in [-0.3, -0.25) is 0 Å². The Hall–Kier alpha value is 1.14. The van der Waals surface area contributed by atoms with Crippen LogP contribution in [0.1, 0.15) is 6.99 Å². The third-order valence-electron chi connectivity index (χ3n) is 2.10. The molecule has 1 heterocycles. The van der Waals surface area contributed by atoms with E-state index in [1.54, 1.807) is 11.3 Å². The number of hydrogen-bond donors (Lipinski definition) is 1. The van der Waals surface area contributed by atoms with Gasteiger partial charge in [0.1, 0.15) is 0 Å². The second kappa shape index (κ2) is 6.53. The molecule has 0 fully saturated rings. The molecule has 0 aliphatic heterocycles. The fraction of sp³-hybridized carbons (Fsp3) is 0.0909. The molecule has 0 atom stereocenters. The van der Waals surface area contributed by atoms with E-state index in [9.17, 15) is 0 Å². The molecule has 0 aliphatic rings. The van der Waals surface area contributed by atoms with Crippen molar-refractivity contribution in [2.75, 3.05) is 0 Å². The van der Waals surface area contributed by atoms with Crippen LogP contribution in [0.25, 0.3) is 10.4 Å². The summed E-state index contributed by atoms with van der Waals surface area (Å²) < 4.78 is -1.36. The van der Waals surface area contributed by atoms with Crippen LogP contribution in [-0.4, -0.2) is 0 Å². The van der Waals surface area contributed by atoms with Crippen LogP contribution in [0.2, 0.25) is 0 Å². The van der Waals surface area contributed by atoms with Crippen LogP contribution in [0.5, 0.6) is 0 Å². The van der Waals surface area contributed by atoms with Gasteiger partial charge in [0.2, 0.25) is 3.79 Å². The van der Waals surface area contributed by atoms with Crippen molar-refractivity contribution in [3.63, 3.8) is 0 Å². The molecule has 0 radical (unpaired) electrons. The molecule has 86 valence electrons. The fourth-order valence-corrected chi connectivity index (χ4v) is 3.18. The Morgan fingerprint density at radius 2 is 1.82 bits per heavy atom. The number of rotatable bonds is 1. The summed E-state index contributed by atoms with van der Waals surface area (Å²) in [6.45, 7) is 0. The molecule has 0 saturated carbocycles. The van der Waals surface area contributed by atoms with E-state index in [0.29, 0.717) is 5.56 Å². The van der Waals surface area contributed by atoms with E-state index in [2.05, 4.69) is 12.6 Å². The Bertz CT molecular complexity index is 511. The van der Waals surface area contributed by atoms with E-state index >= 15 is 0 Å². The van der Waals surface area contributed by atoms with Crippen molar-refractivity contribution in [2.45, 2.75) is 8.69 Å². The minimum absolute atomic E-state index is 0. The molecule has 0 saturated heterocycles. The van der Waals surface area contributed by atoms with Gasteiger partial charge >= 0.3 is 29.6 Å². The van der Waals surface area contributed by atoms with E-state index in [0.717, 1.165) is 15.3 Å². The predicted molar refractivity (Wildman–Crippen MR) is 77.4 cm³/mol. The molecule has 2 aromatic rings. The smallest absolute Gasteiger partial charge is 1.00 e. The Morgan fingerprint density at radius 1 is 1.18 bits per heavy atom. The maximum absolute atomic E-state index is 5.82. The van der Waals surface area contributed by atoms with E-state index in [4.69, 9.17) is 34.8 Å². The average Bonchev–Trinajstić information content (AvgIpc) is 2.66. The van der Waals surface area contributed by atoms with E-state index in [-0.39, 0.29) is 31.0 Å². The van der Waals surface area contributed by atoms with E-state index < -0.39 is 3.79 Å². The van der Waals surface area contributed by atoms with Crippen LogP contribution < -0.4 is 29.6 Å². The van der Waals surface area contributed by atoms with Gasteiger partial charge in [-0.05, 0) is 17.5 Å². The maximum Gasteiger partial charge on any atom is 1.00 e. The number of hydrogen-bond acceptors (Lipinski definition) is 2. The Morgan fingerprint density at radius 3 is 2.35 bits per heavy atom. The summed E-state index contributed by atoms with van der Waals surface area (Å²) in [6, 6.07) is 9.72. The Labute approximate surface area is 148 Å². The third kappa shape index (κ3) is 4.05. The van der Waals surface area contributed by atoms with Crippen LogP contribution in [0.4, 0.5) is 0 Å². The molecule has 0 N–H and O–H groups in total. The third-order valence-corrected chi connectivity index (χ3v) is 4.10. The van der Waals surface area contributed by atoms with Gasteiger partial charge in [-0.25, -0.2) is 0 Å². The minimum Gasteiger partial charge on any atom is -1.00 e. The van der Waals surface area contributed by atoms with Crippen molar-refractivity contribution >= 4 is 58.8 Å². The molecular weight excluding hydrogens is 326 g/mol. The molecule has 1 aromatic heterocycles. The van der Waals surface area contributed by atoms with Crippen LogP contribution in [0.15, 0.2) is 40.6 Å². The van der Waals surface area contributed by atoms with Crippen molar-refractivity contribution in [3.8, 4) is 10.4 Å². The second-order valence-corrected chi connectivity index (χ2v) is 6.89. The first-order valence-corrected chi connectivity index (χ1v) is 6.88. The predicted octanol–water partition coefficient (Wildman–Crippen LogP) is 2.65. The largest absolute Gasteiger partial charge is 1.00 e. The molecule has 0 amide bonds. The number of benzene rings is 1. The maximum atomic E-state index is 5.82. The van der Waals surface area contributed by atoms with E-state index in [1.165, 1.54) is 0 Å². The first-order chi connectivity index (χ1) is 7.48. The van der Waals surface area contributed by atoms with Gasteiger partial charge in [-0.1, -0.05) is 53.0 Å². The van der Waals surface area contributed by atoms with Gasteiger partial charge < -0.3 is 1.43 Å². The summed E-state index contributed by atoms with van der Waals surface area (Å²) in [5.41, 5.74) is 1.74. The summed E-state index contributed by atoms with van der Waals surface area (Å²) in [7, 11) is 0. The van der Waals surface area contributed by atoms with Crippen molar-refractivity contribution in [3.05, 3.63) is 41.3 Å². The molecule has 17 heavy (non-hydrogen) atoms. The molecule has 0 nitrogen and oxygen atoms in total. The van der Waals surface area contributed by atoms with Gasteiger partial charge in [0.15, 0.2) is 0 Å². The van der Waals surface area contributed by atoms with Gasteiger partial charge in [0.05, 0.1) is 0 Å². The quantitative estimate of drug-likeness (QED) is 0.463. The first kappa shape index (κ1) is 16.2. The van der Waals surface area contributed by atoms with Crippen molar-refractivity contribution < 1.29 is 31.0 Å². The molecule has 0 spiro atoms. The van der Waals surface area contributed by atoms with Gasteiger partial charge in [-0.2, -0.15) is 0 Å². The number of thiol groups is 1. The second-order valence-electron chi connectivity index (χ2n) is 3.21. The molecule has 0 unspecified atom stereocenters. The van der Waals surface area contributed by atoms with Crippen LogP contribution in [0.3, 0.4) is 0 Å². The summed E-state index contributed by atoms with van der Waals surface area (Å²) in [5, 5.41) is 1.85. The topological polar surface area (TPSA) is 0 Å². The zero-order valence-electron chi connectivity index (χ0n) is 9.95. The Kier molecular flexibility index (Phi) is 6.23. The molecular formula is C11H8Cl3NaS2. The van der Waals surface area contributed by atoms with Crippen LogP contribution >= 0.6 is 58.8 Å².